The molecular formula is C15H23N3O2. The van der Waals surface area contributed by atoms with E-state index in [1.165, 1.54) is 0 Å². The summed E-state index contributed by atoms with van der Waals surface area (Å²) in [7, 11) is 0. The Balaban J connectivity index is 2.34. The van der Waals surface area contributed by atoms with E-state index in [2.05, 4.69) is 24.1 Å². The van der Waals surface area contributed by atoms with Gasteiger partial charge in [-0.05, 0) is 44.4 Å². The molecule has 0 radical (unpaired) electrons. The highest BCUT2D eigenvalue weighted by Crippen LogP contribution is 2.34. The molecule has 0 unspecified atom stereocenters. The quantitative estimate of drug-likeness (QED) is 0.716. The first-order chi connectivity index (χ1) is 9.52. The van der Waals surface area contributed by atoms with Gasteiger partial charge in [0, 0.05) is 31.3 Å². The van der Waals surface area contributed by atoms with Crippen LogP contribution in [0, 0.1) is 0 Å². The molecule has 0 aliphatic carbocycles. The third kappa shape index (κ3) is 3.04. The average molecular weight is 277 g/mol. The molecule has 0 bridgehead atoms. The van der Waals surface area contributed by atoms with Crippen LogP contribution in [0.1, 0.15) is 32.3 Å². The fourth-order valence-corrected chi connectivity index (χ4v) is 2.58. The van der Waals surface area contributed by atoms with E-state index in [1.54, 1.807) is 0 Å². The summed E-state index contributed by atoms with van der Waals surface area (Å²) in [5.41, 5.74) is 9.78. The molecular weight excluding hydrogens is 254 g/mol. The number of fused-ring (bicyclic) bond motifs is 1. The van der Waals surface area contributed by atoms with Crippen molar-refractivity contribution in [3.05, 3.63) is 17.7 Å². The lowest BCUT2D eigenvalue weighted by Crippen LogP contribution is -2.33. The van der Waals surface area contributed by atoms with Crippen LogP contribution in [-0.4, -0.2) is 30.2 Å². The van der Waals surface area contributed by atoms with Gasteiger partial charge in [0.2, 0.25) is 5.91 Å². The van der Waals surface area contributed by atoms with E-state index in [-0.39, 0.29) is 18.6 Å². The molecule has 1 aliphatic heterocycles. The van der Waals surface area contributed by atoms with Crippen LogP contribution in [0.5, 0.6) is 0 Å². The lowest BCUT2D eigenvalue weighted by Gasteiger charge is -2.31. The van der Waals surface area contributed by atoms with Crippen LogP contribution in [-0.2, 0) is 11.2 Å². The van der Waals surface area contributed by atoms with Gasteiger partial charge in [-0.15, -0.1) is 0 Å². The Morgan fingerprint density at radius 1 is 1.40 bits per heavy atom. The molecule has 0 atom stereocenters. The predicted molar refractivity (Wildman–Crippen MR) is 82.0 cm³/mol. The topological polar surface area (TPSA) is 78.6 Å². The van der Waals surface area contributed by atoms with Crippen molar-refractivity contribution in [3.63, 3.8) is 0 Å². The van der Waals surface area contributed by atoms with E-state index in [0.717, 1.165) is 35.6 Å². The molecule has 0 saturated heterocycles. The number of nitrogens with one attached hydrogen (secondary N) is 1. The Morgan fingerprint density at radius 3 is 2.80 bits per heavy atom. The van der Waals surface area contributed by atoms with Gasteiger partial charge in [0.15, 0.2) is 0 Å². The highest BCUT2D eigenvalue weighted by atomic mass is 16.3. The summed E-state index contributed by atoms with van der Waals surface area (Å²) in [4.78, 5) is 13.7. The molecule has 1 aliphatic rings. The van der Waals surface area contributed by atoms with Crippen molar-refractivity contribution in [3.8, 4) is 0 Å². The third-order valence-corrected chi connectivity index (χ3v) is 3.64. The Labute approximate surface area is 119 Å². The lowest BCUT2D eigenvalue weighted by atomic mass is 10.0. The van der Waals surface area contributed by atoms with Crippen LogP contribution in [0.2, 0.25) is 0 Å². The van der Waals surface area contributed by atoms with Crippen molar-refractivity contribution in [1.29, 1.82) is 0 Å². The van der Waals surface area contributed by atoms with Crippen LogP contribution >= 0.6 is 0 Å². The van der Waals surface area contributed by atoms with Crippen molar-refractivity contribution in [2.45, 2.75) is 39.2 Å². The molecule has 20 heavy (non-hydrogen) atoms. The van der Waals surface area contributed by atoms with Gasteiger partial charge in [-0.25, -0.2) is 0 Å². The second-order valence-corrected chi connectivity index (χ2v) is 5.48. The standard InChI is InChI=1S/C15H23N3O2/c1-10(2)18(6-3-7-19)14-9-13-11(8-12(14)16)4-5-15(20)17-13/h8-10,19H,3-7,16H2,1-2H3,(H,17,20). The Kier molecular flexibility index (Phi) is 4.49. The minimum atomic E-state index is 0.0553. The summed E-state index contributed by atoms with van der Waals surface area (Å²) in [6, 6.07) is 4.19. The molecule has 1 aromatic carbocycles. The Bertz CT molecular complexity index is 500. The number of hydrogen-bond donors (Lipinski definition) is 3. The number of benzene rings is 1. The zero-order valence-corrected chi connectivity index (χ0v) is 12.1. The molecule has 4 N–H and O–H groups in total. The maximum absolute atomic E-state index is 11.5. The van der Waals surface area contributed by atoms with Gasteiger partial charge in [0.1, 0.15) is 0 Å². The maximum Gasteiger partial charge on any atom is 0.224 e. The zero-order chi connectivity index (χ0) is 14.7. The van der Waals surface area contributed by atoms with Gasteiger partial charge < -0.3 is 21.1 Å². The monoisotopic (exact) mass is 277 g/mol. The van der Waals surface area contributed by atoms with Crippen LogP contribution in [0.25, 0.3) is 0 Å². The van der Waals surface area contributed by atoms with Crippen molar-refractivity contribution in [2.24, 2.45) is 0 Å². The number of hydrogen-bond acceptors (Lipinski definition) is 4. The van der Waals surface area contributed by atoms with Crippen LogP contribution in [0.3, 0.4) is 0 Å². The number of carbonyl (C=O) groups excluding carboxylic acids is 1. The minimum Gasteiger partial charge on any atom is -0.397 e. The van der Waals surface area contributed by atoms with Crippen LogP contribution in [0.15, 0.2) is 12.1 Å². The van der Waals surface area contributed by atoms with Crippen molar-refractivity contribution >= 4 is 23.0 Å². The minimum absolute atomic E-state index is 0.0553. The van der Waals surface area contributed by atoms with Gasteiger partial charge in [-0.2, -0.15) is 0 Å². The summed E-state index contributed by atoms with van der Waals surface area (Å²) < 4.78 is 0. The summed E-state index contributed by atoms with van der Waals surface area (Å²) >= 11 is 0. The first-order valence-electron chi connectivity index (χ1n) is 7.12. The number of aryl methyl sites for hydroxylation is 1. The maximum atomic E-state index is 11.5. The largest absolute Gasteiger partial charge is 0.397 e. The number of anilines is 3. The summed E-state index contributed by atoms with van der Waals surface area (Å²) in [5, 5.41) is 11.9. The molecule has 0 aromatic heterocycles. The third-order valence-electron chi connectivity index (χ3n) is 3.64. The number of rotatable bonds is 5. The summed E-state index contributed by atoms with van der Waals surface area (Å²) in [6.07, 6.45) is 1.95. The summed E-state index contributed by atoms with van der Waals surface area (Å²) in [6.45, 7) is 5.08. The molecule has 5 heteroatoms. The van der Waals surface area contributed by atoms with Gasteiger partial charge in [-0.1, -0.05) is 0 Å². The Morgan fingerprint density at radius 2 is 2.15 bits per heavy atom. The van der Waals surface area contributed by atoms with Gasteiger partial charge in [0.25, 0.3) is 0 Å². The number of carbonyl (C=O) groups is 1. The van der Waals surface area contributed by atoms with Gasteiger partial charge >= 0.3 is 0 Å². The molecule has 1 aromatic rings. The SMILES string of the molecule is CC(C)N(CCCO)c1cc2c(cc1N)CCC(=O)N2. The number of aliphatic hydroxyl groups excluding tert-OH is 1. The molecule has 0 fully saturated rings. The predicted octanol–water partition coefficient (Wildman–Crippen LogP) is 1.75. The zero-order valence-electron chi connectivity index (χ0n) is 12.1. The van der Waals surface area contributed by atoms with Crippen LogP contribution < -0.4 is 16.0 Å². The fraction of sp³-hybridized carbons (Fsp3) is 0.533. The highest BCUT2D eigenvalue weighted by Gasteiger charge is 2.20. The van der Waals surface area contributed by atoms with Crippen molar-refractivity contribution < 1.29 is 9.90 Å². The average Bonchev–Trinajstić information content (AvgIpc) is 2.39. The molecule has 1 heterocycles. The second kappa shape index (κ2) is 6.13. The second-order valence-electron chi connectivity index (χ2n) is 5.48. The normalized spacial score (nSPS) is 14.1. The number of amides is 1. The van der Waals surface area contributed by atoms with Crippen molar-refractivity contribution in [2.75, 3.05) is 29.1 Å². The smallest absolute Gasteiger partial charge is 0.224 e. The molecule has 2 rings (SSSR count). The molecule has 0 spiro atoms. The molecule has 110 valence electrons. The number of nitrogens with zero attached hydrogens (tertiary/aromatic N) is 1. The molecule has 0 saturated carbocycles. The van der Waals surface area contributed by atoms with E-state index >= 15 is 0 Å². The van der Waals surface area contributed by atoms with Crippen molar-refractivity contribution in [1.82, 2.24) is 0 Å². The highest BCUT2D eigenvalue weighted by molar-refractivity contribution is 5.95. The first-order valence-corrected chi connectivity index (χ1v) is 7.12. The number of nitrogens with two attached hydrogens (primary N) is 1. The van der Waals surface area contributed by atoms with Crippen LogP contribution in [0.4, 0.5) is 17.1 Å². The summed E-state index contributed by atoms with van der Waals surface area (Å²) in [5.74, 6) is 0.0553. The lowest BCUT2D eigenvalue weighted by molar-refractivity contribution is -0.116. The number of nitrogen functional groups attached to an aromatic ring is 1. The number of aliphatic hydroxyl groups is 1. The van der Waals surface area contributed by atoms with E-state index in [9.17, 15) is 4.79 Å². The molecule has 1 amide bonds. The van der Waals surface area contributed by atoms with E-state index in [4.69, 9.17) is 10.8 Å². The van der Waals surface area contributed by atoms with E-state index < -0.39 is 0 Å². The van der Waals surface area contributed by atoms with E-state index in [0.29, 0.717) is 12.8 Å². The molecule has 5 nitrogen and oxygen atoms in total. The fourth-order valence-electron chi connectivity index (χ4n) is 2.58. The Hall–Kier alpha value is -1.75. The van der Waals surface area contributed by atoms with E-state index in [1.807, 2.05) is 12.1 Å². The van der Waals surface area contributed by atoms with Gasteiger partial charge in [0.05, 0.1) is 11.4 Å². The first kappa shape index (κ1) is 14.7. The van der Waals surface area contributed by atoms with Gasteiger partial charge in [-0.3, -0.25) is 4.79 Å².